The number of hydrogen-bond acceptors (Lipinski definition) is 6. The van der Waals surface area contributed by atoms with Gasteiger partial charge in [-0.05, 0) is 56.4 Å². The van der Waals surface area contributed by atoms with E-state index in [0.717, 1.165) is 36.1 Å². The normalized spacial score (nSPS) is 17.7. The molecule has 4 amide bonds. The summed E-state index contributed by atoms with van der Waals surface area (Å²) in [6.45, 7) is 1.73. The Labute approximate surface area is 201 Å². The maximum Gasteiger partial charge on any atom is 0.282 e. The number of benzene rings is 2. The lowest BCUT2D eigenvalue weighted by molar-refractivity contribution is -0.385. The van der Waals surface area contributed by atoms with E-state index in [-0.39, 0.29) is 35.7 Å². The number of carbonyl (C=O) groups excluding carboxylic acids is 4. The number of nitrogens with one attached hydrogen (secondary N) is 1. The van der Waals surface area contributed by atoms with Gasteiger partial charge in [-0.1, -0.05) is 18.2 Å². The van der Waals surface area contributed by atoms with E-state index in [9.17, 15) is 29.3 Å². The molecule has 0 aromatic heterocycles. The molecule has 0 radical (unpaired) electrons. The maximum absolute atomic E-state index is 13.5. The summed E-state index contributed by atoms with van der Waals surface area (Å²) in [7, 11) is 0. The predicted octanol–water partition coefficient (Wildman–Crippen LogP) is 2.66. The van der Waals surface area contributed by atoms with Crippen LogP contribution in [0.4, 0.5) is 5.69 Å². The summed E-state index contributed by atoms with van der Waals surface area (Å²) in [6, 6.07) is 10.0. The molecule has 1 atom stereocenters. The standard InChI is InChI=1S/C25H24N4O6/c1-14(28-24(32)19-3-2-4-20(29(34)35)21(19)25(28)33)23(31)27(18-11-12-18)13-15-5-7-16(8-6-15)22(30)26-17-9-10-17/h2-8,14,17-18H,9-13H2,1H3,(H,26,30). The highest BCUT2D eigenvalue weighted by molar-refractivity contribution is 6.24. The second kappa shape index (κ2) is 8.61. The SMILES string of the molecule is CC(C(=O)N(Cc1ccc(C(=O)NC2CC2)cc1)C1CC1)N1C(=O)c2cccc([N+](=O)[O-])c2C1=O. The van der Waals surface area contributed by atoms with Crippen molar-refractivity contribution in [3.05, 3.63) is 74.8 Å². The highest BCUT2D eigenvalue weighted by Crippen LogP contribution is 2.34. The van der Waals surface area contributed by atoms with E-state index < -0.39 is 34.4 Å². The lowest BCUT2D eigenvalue weighted by Gasteiger charge is -2.29. The molecule has 180 valence electrons. The van der Waals surface area contributed by atoms with Gasteiger partial charge in [0.05, 0.1) is 10.5 Å². The quantitative estimate of drug-likeness (QED) is 0.354. The molecule has 2 aliphatic carbocycles. The van der Waals surface area contributed by atoms with E-state index in [2.05, 4.69) is 5.32 Å². The fourth-order valence-electron chi connectivity index (χ4n) is 4.37. The fraction of sp³-hybridized carbons (Fsp3) is 0.360. The average Bonchev–Trinajstić information content (AvgIpc) is 3.77. The van der Waals surface area contributed by atoms with Gasteiger partial charge in [0.2, 0.25) is 5.91 Å². The molecule has 2 aromatic rings. The van der Waals surface area contributed by atoms with E-state index in [1.807, 2.05) is 0 Å². The van der Waals surface area contributed by atoms with Crippen molar-refractivity contribution in [2.24, 2.45) is 0 Å². The number of amides is 4. The summed E-state index contributed by atoms with van der Waals surface area (Å²) in [5.41, 5.74) is 0.569. The molecule has 0 bridgehead atoms. The number of carbonyl (C=O) groups is 4. The Bertz CT molecular complexity index is 1250. The molecule has 1 N–H and O–H groups in total. The van der Waals surface area contributed by atoms with Crippen LogP contribution in [0.15, 0.2) is 42.5 Å². The third-order valence-corrected chi connectivity index (χ3v) is 6.62. The van der Waals surface area contributed by atoms with Crippen LogP contribution in [-0.4, -0.2) is 56.5 Å². The van der Waals surface area contributed by atoms with Crippen LogP contribution < -0.4 is 5.32 Å². The molecule has 5 rings (SSSR count). The molecule has 10 heteroatoms. The predicted molar refractivity (Wildman–Crippen MR) is 124 cm³/mol. The number of nitrogens with zero attached hydrogens (tertiary/aromatic N) is 3. The Kier molecular flexibility index (Phi) is 5.58. The van der Waals surface area contributed by atoms with Gasteiger partial charge >= 0.3 is 0 Å². The molecule has 2 aromatic carbocycles. The molecular weight excluding hydrogens is 452 g/mol. The van der Waals surface area contributed by atoms with Gasteiger partial charge in [0.1, 0.15) is 11.6 Å². The van der Waals surface area contributed by atoms with Gasteiger partial charge in [-0.3, -0.25) is 34.2 Å². The molecule has 0 spiro atoms. The number of imide groups is 1. The Morgan fingerprint density at radius 1 is 1.09 bits per heavy atom. The molecule has 0 saturated heterocycles. The zero-order valence-electron chi connectivity index (χ0n) is 19.1. The van der Waals surface area contributed by atoms with Gasteiger partial charge in [-0.25, -0.2) is 0 Å². The average molecular weight is 476 g/mol. The van der Waals surface area contributed by atoms with Gasteiger partial charge in [0, 0.05) is 30.3 Å². The van der Waals surface area contributed by atoms with Crippen LogP contribution in [0.2, 0.25) is 0 Å². The molecule has 1 heterocycles. The van der Waals surface area contributed by atoms with Crippen molar-refractivity contribution < 1.29 is 24.1 Å². The molecule has 2 fully saturated rings. The van der Waals surface area contributed by atoms with E-state index in [1.54, 1.807) is 29.2 Å². The van der Waals surface area contributed by atoms with Crippen LogP contribution in [0.1, 0.15) is 69.2 Å². The Hall–Kier alpha value is -4.08. The number of hydrogen-bond donors (Lipinski definition) is 1. The van der Waals surface area contributed by atoms with Crippen molar-refractivity contribution >= 4 is 29.3 Å². The van der Waals surface area contributed by atoms with Crippen LogP contribution in [0, 0.1) is 10.1 Å². The van der Waals surface area contributed by atoms with Gasteiger partial charge in [0.15, 0.2) is 0 Å². The second-order valence-corrected chi connectivity index (χ2v) is 9.26. The molecule has 35 heavy (non-hydrogen) atoms. The molecule has 3 aliphatic rings. The van der Waals surface area contributed by atoms with Crippen molar-refractivity contribution in [1.29, 1.82) is 0 Å². The largest absolute Gasteiger partial charge is 0.349 e. The van der Waals surface area contributed by atoms with E-state index in [0.29, 0.717) is 5.56 Å². The van der Waals surface area contributed by atoms with Crippen LogP contribution >= 0.6 is 0 Å². The molecule has 10 nitrogen and oxygen atoms in total. The number of fused-ring (bicyclic) bond motifs is 1. The van der Waals surface area contributed by atoms with E-state index >= 15 is 0 Å². The van der Waals surface area contributed by atoms with Gasteiger partial charge in [0.25, 0.3) is 23.4 Å². The monoisotopic (exact) mass is 476 g/mol. The van der Waals surface area contributed by atoms with E-state index in [1.165, 1.54) is 25.1 Å². The van der Waals surface area contributed by atoms with Crippen molar-refractivity contribution in [2.75, 3.05) is 0 Å². The van der Waals surface area contributed by atoms with Crippen LogP contribution in [0.25, 0.3) is 0 Å². The third kappa shape index (κ3) is 4.27. The zero-order chi connectivity index (χ0) is 24.9. The first kappa shape index (κ1) is 22.7. The topological polar surface area (TPSA) is 130 Å². The minimum Gasteiger partial charge on any atom is -0.349 e. The lowest BCUT2D eigenvalue weighted by atomic mass is 10.1. The summed E-state index contributed by atoms with van der Waals surface area (Å²) in [4.78, 5) is 64.8. The van der Waals surface area contributed by atoms with Crippen molar-refractivity contribution in [3.63, 3.8) is 0 Å². The van der Waals surface area contributed by atoms with Gasteiger partial charge in [-0.15, -0.1) is 0 Å². The highest BCUT2D eigenvalue weighted by Gasteiger charge is 2.47. The minimum atomic E-state index is -1.12. The lowest BCUT2D eigenvalue weighted by Crippen LogP contribution is -2.49. The first-order valence-corrected chi connectivity index (χ1v) is 11.6. The summed E-state index contributed by atoms with van der Waals surface area (Å²) in [6.07, 6.45) is 3.63. The van der Waals surface area contributed by atoms with Crippen molar-refractivity contribution in [3.8, 4) is 0 Å². The summed E-state index contributed by atoms with van der Waals surface area (Å²) in [5.74, 6) is -2.07. The molecule has 1 aliphatic heterocycles. The zero-order valence-corrected chi connectivity index (χ0v) is 19.1. The Balaban J connectivity index is 1.33. The molecule has 1 unspecified atom stereocenters. The number of nitro groups is 1. The first-order chi connectivity index (χ1) is 16.8. The summed E-state index contributed by atoms with van der Waals surface area (Å²) < 4.78 is 0. The Morgan fingerprint density at radius 2 is 1.77 bits per heavy atom. The van der Waals surface area contributed by atoms with Gasteiger partial charge < -0.3 is 10.2 Å². The van der Waals surface area contributed by atoms with E-state index in [4.69, 9.17) is 0 Å². The number of nitro benzene ring substituents is 1. The fourth-order valence-corrected chi connectivity index (χ4v) is 4.37. The van der Waals surface area contributed by atoms with Crippen LogP contribution in [-0.2, 0) is 11.3 Å². The van der Waals surface area contributed by atoms with Crippen LogP contribution in [0.3, 0.4) is 0 Å². The van der Waals surface area contributed by atoms with Crippen molar-refractivity contribution in [2.45, 2.75) is 57.3 Å². The minimum absolute atomic E-state index is 0.00712. The third-order valence-electron chi connectivity index (χ3n) is 6.62. The maximum atomic E-state index is 13.5. The smallest absolute Gasteiger partial charge is 0.282 e. The second-order valence-electron chi connectivity index (χ2n) is 9.26. The first-order valence-electron chi connectivity index (χ1n) is 11.6. The highest BCUT2D eigenvalue weighted by atomic mass is 16.6. The Morgan fingerprint density at radius 3 is 2.37 bits per heavy atom. The van der Waals surface area contributed by atoms with Crippen LogP contribution in [0.5, 0.6) is 0 Å². The molecular formula is C25H24N4O6. The number of rotatable bonds is 8. The van der Waals surface area contributed by atoms with Gasteiger partial charge in [-0.2, -0.15) is 0 Å². The van der Waals surface area contributed by atoms with Crippen molar-refractivity contribution in [1.82, 2.24) is 15.1 Å². The molecule has 2 saturated carbocycles. The summed E-state index contributed by atoms with van der Waals surface area (Å²) >= 11 is 0. The summed E-state index contributed by atoms with van der Waals surface area (Å²) in [5, 5.41) is 14.3.